The third-order valence-electron chi connectivity index (χ3n) is 3.93. The molecule has 2 heterocycles. The van der Waals surface area contributed by atoms with Crippen LogP contribution in [0.4, 0.5) is 5.82 Å². The van der Waals surface area contributed by atoms with Gasteiger partial charge in [-0.1, -0.05) is 18.2 Å². The summed E-state index contributed by atoms with van der Waals surface area (Å²) in [5.41, 5.74) is 2.29. The quantitative estimate of drug-likeness (QED) is 0.671. The Hall–Kier alpha value is -3.48. The first kappa shape index (κ1) is 18.3. The number of nitrogens with zero attached hydrogens (tertiary/aromatic N) is 3. The Kier molecular flexibility index (Phi) is 5.94. The molecular weight excluding hydrogens is 342 g/mol. The average Bonchev–Trinajstić information content (AvgIpc) is 2.71. The van der Waals surface area contributed by atoms with Crippen LogP contribution in [0.15, 0.2) is 54.9 Å². The predicted molar refractivity (Wildman–Crippen MR) is 102 cm³/mol. The van der Waals surface area contributed by atoms with Gasteiger partial charge in [0.05, 0.1) is 7.11 Å². The van der Waals surface area contributed by atoms with E-state index in [0.717, 1.165) is 16.9 Å². The second-order valence-electron chi connectivity index (χ2n) is 5.89. The molecule has 7 heteroatoms. The van der Waals surface area contributed by atoms with E-state index in [4.69, 9.17) is 4.74 Å². The number of carbonyl (C=O) groups excluding carboxylic acids is 1. The van der Waals surface area contributed by atoms with Crippen LogP contribution in [0, 0.1) is 6.92 Å². The highest BCUT2D eigenvalue weighted by Gasteiger charge is 2.11. The summed E-state index contributed by atoms with van der Waals surface area (Å²) in [6.45, 7) is 2.70. The van der Waals surface area contributed by atoms with Crippen molar-refractivity contribution in [2.24, 2.45) is 0 Å². The van der Waals surface area contributed by atoms with E-state index in [9.17, 15) is 4.79 Å². The molecule has 0 aliphatic carbocycles. The van der Waals surface area contributed by atoms with Crippen molar-refractivity contribution in [2.75, 3.05) is 12.4 Å². The van der Waals surface area contributed by atoms with Gasteiger partial charge in [0.1, 0.15) is 23.1 Å². The summed E-state index contributed by atoms with van der Waals surface area (Å²) in [6.07, 6.45) is 3.38. The first-order chi connectivity index (χ1) is 13.2. The molecule has 0 spiro atoms. The minimum absolute atomic E-state index is 0.252. The fraction of sp³-hybridized carbons (Fsp3) is 0.200. The Morgan fingerprint density at radius 1 is 1.07 bits per heavy atom. The van der Waals surface area contributed by atoms with Crippen molar-refractivity contribution < 1.29 is 9.53 Å². The van der Waals surface area contributed by atoms with Crippen molar-refractivity contribution in [1.82, 2.24) is 20.3 Å². The van der Waals surface area contributed by atoms with Gasteiger partial charge in [0, 0.05) is 37.1 Å². The zero-order chi connectivity index (χ0) is 19.1. The van der Waals surface area contributed by atoms with Gasteiger partial charge in [-0.05, 0) is 30.7 Å². The van der Waals surface area contributed by atoms with Crippen LogP contribution in [0.25, 0.3) is 0 Å². The Morgan fingerprint density at radius 2 is 1.85 bits per heavy atom. The van der Waals surface area contributed by atoms with Crippen molar-refractivity contribution in [3.8, 4) is 5.75 Å². The minimum Gasteiger partial charge on any atom is -0.496 e. The smallest absolute Gasteiger partial charge is 0.270 e. The molecule has 0 aliphatic rings. The molecule has 0 aliphatic heterocycles. The number of aryl methyl sites for hydroxylation is 1. The molecule has 27 heavy (non-hydrogen) atoms. The predicted octanol–water partition coefficient (Wildman–Crippen LogP) is 2.73. The summed E-state index contributed by atoms with van der Waals surface area (Å²) in [6, 6.07) is 13.1. The lowest BCUT2D eigenvalue weighted by molar-refractivity contribution is 0.0945. The van der Waals surface area contributed by atoms with E-state index in [0.29, 0.717) is 30.4 Å². The van der Waals surface area contributed by atoms with Crippen LogP contribution in [0.5, 0.6) is 5.75 Å². The molecule has 3 aromatic rings. The minimum atomic E-state index is -0.252. The summed E-state index contributed by atoms with van der Waals surface area (Å²) in [7, 11) is 1.64. The van der Waals surface area contributed by atoms with Crippen LogP contribution in [-0.4, -0.2) is 28.0 Å². The molecule has 0 unspecified atom stereocenters. The molecule has 0 bridgehead atoms. The highest BCUT2D eigenvalue weighted by molar-refractivity contribution is 5.92. The first-order valence-corrected chi connectivity index (χ1v) is 8.54. The summed E-state index contributed by atoms with van der Waals surface area (Å²) >= 11 is 0. The number of hydrogen-bond acceptors (Lipinski definition) is 6. The molecular formula is C20H21N5O2. The monoisotopic (exact) mass is 363 g/mol. The van der Waals surface area contributed by atoms with Crippen LogP contribution in [-0.2, 0) is 13.1 Å². The van der Waals surface area contributed by atoms with Crippen molar-refractivity contribution in [3.63, 3.8) is 0 Å². The lowest BCUT2D eigenvalue weighted by Crippen LogP contribution is -2.24. The van der Waals surface area contributed by atoms with Gasteiger partial charge in [0.25, 0.3) is 5.91 Å². The molecule has 3 rings (SSSR count). The number of pyridine rings is 1. The maximum atomic E-state index is 12.4. The molecule has 0 saturated heterocycles. The van der Waals surface area contributed by atoms with E-state index in [-0.39, 0.29) is 5.91 Å². The third-order valence-corrected chi connectivity index (χ3v) is 3.93. The van der Waals surface area contributed by atoms with Gasteiger partial charge in [-0.2, -0.15) is 0 Å². The number of rotatable bonds is 7. The summed E-state index contributed by atoms with van der Waals surface area (Å²) in [4.78, 5) is 25.0. The fourth-order valence-corrected chi connectivity index (χ4v) is 2.58. The van der Waals surface area contributed by atoms with Gasteiger partial charge in [0.15, 0.2) is 0 Å². The van der Waals surface area contributed by atoms with E-state index in [1.807, 2.05) is 36.4 Å². The molecule has 2 aromatic heterocycles. The van der Waals surface area contributed by atoms with Crippen LogP contribution >= 0.6 is 0 Å². The second kappa shape index (κ2) is 8.75. The molecule has 7 nitrogen and oxygen atoms in total. The maximum Gasteiger partial charge on any atom is 0.270 e. The zero-order valence-corrected chi connectivity index (χ0v) is 15.3. The summed E-state index contributed by atoms with van der Waals surface area (Å²) in [5.74, 6) is 1.65. The molecule has 138 valence electrons. The Labute approximate surface area is 157 Å². The SMILES string of the molecule is COc1ccccc1CNc1cc(C(=O)NCc2ccncc2)nc(C)n1. The molecule has 1 aromatic carbocycles. The van der Waals surface area contributed by atoms with E-state index in [1.165, 1.54) is 0 Å². The number of hydrogen-bond donors (Lipinski definition) is 2. The Bertz CT molecular complexity index is 915. The highest BCUT2D eigenvalue weighted by Crippen LogP contribution is 2.18. The lowest BCUT2D eigenvalue weighted by Gasteiger charge is -2.11. The second-order valence-corrected chi connectivity index (χ2v) is 5.89. The molecule has 0 saturated carbocycles. The average molecular weight is 363 g/mol. The van der Waals surface area contributed by atoms with Gasteiger partial charge in [-0.15, -0.1) is 0 Å². The Balaban J connectivity index is 1.67. The third kappa shape index (κ3) is 5.01. The largest absolute Gasteiger partial charge is 0.496 e. The first-order valence-electron chi connectivity index (χ1n) is 8.54. The van der Waals surface area contributed by atoms with Crippen molar-refractivity contribution >= 4 is 11.7 Å². The number of benzene rings is 1. The van der Waals surface area contributed by atoms with Crippen LogP contribution in [0.2, 0.25) is 0 Å². The van der Waals surface area contributed by atoms with Crippen molar-refractivity contribution in [2.45, 2.75) is 20.0 Å². The zero-order valence-electron chi connectivity index (χ0n) is 15.3. The number of amides is 1. The molecule has 1 amide bonds. The van der Waals surface area contributed by atoms with E-state index < -0.39 is 0 Å². The van der Waals surface area contributed by atoms with E-state index in [1.54, 1.807) is 32.5 Å². The number of ether oxygens (including phenoxy) is 1. The van der Waals surface area contributed by atoms with E-state index in [2.05, 4.69) is 25.6 Å². The van der Waals surface area contributed by atoms with E-state index >= 15 is 0 Å². The number of nitrogens with one attached hydrogen (secondary N) is 2. The summed E-state index contributed by atoms with van der Waals surface area (Å²) < 4.78 is 5.35. The van der Waals surface area contributed by atoms with Crippen LogP contribution < -0.4 is 15.4 Å². The van der Waals surface area contributed by atoms with Gasteiger partial charge in [-0.25, -0.2) is 9.97 Å². The Morgan fingerprint density at radius 3 is 2.63 bits per heavy atom. The normalized spacial score (nSPS) is 10.3. The maximum absolute atomic E-state index is 12.4. The topological polar surface area (TPSA) is 89.0 Å². The number of anilines is 1. The molecule has 0 atom stereocenters. The standard InChI is InChI=1S/C20H21N5O2/c1-14-24-17(20(26)23-12-15-7-9-21-10-8-15)11-19(25-14)22-13-16-5-3-4-6-18(16)27-2/h3-11H,12-13H2,1-2H3,(H,23,26)(H,22,24,25). The number of para-hydroxylation sites is 1. The fourth-order valence-electron chi connectivity index (χ4n) is 2.58. The number of carbonyl (C=O) groups is 1. The molecule has 0 radical (unpaired) electrons. The highest BCUT2D eigenvalue weighted by atomic mass is 16.5. The molecule has 2 N–H and O–H groups in total. The van der Waals surface area contributed by atoms with Crippen molar-refractivity contribution in [3.05, 3.63) is 77.5 Å². The summed E-state index contributed by atoms with van der Waals surface area (Å²) in [5, 5.41) is 6.08. The van der Waals surface area contributed by atoms with Gasteiger partial charge < -0.3 is 15.4 Å². The molecule has 0 fully saturated rings. The van der Waals surface area contributed by atoms with Crippen LogP contribution in [0.3, 0.4) is 0 Å². The number of aromatic nitrogens is 3. The van der Waals surface area contributed by atoms with Crippen LogP contribution in [0.1, 0.15) is 27.4 Å². The van der Waals surface area contributed by atoms with Gasteiger partial charge in [0.2, 0.25) is 0 Å². The van der Waals surface area contributed by atoms with Gasteiger partial charge in [-0.3, -0.25) is 9.78 Å². The van der Waals surface area contributed by atoms with Crippen molar-refractivity contribution in [1.29, 1.82) is 0 Å². The number of methoxy groups -OCH3 is 1. The van der Waals surface area contributed by atoms with Gasteiger partial charge >= 0.3 is 0 Å². The lowest BCUT2D eigenvalue weighted by atomic mass is 10.2.